The van der Waals surface area contributed by atoms with E-state index in [0.717, 1.165) is 19.3 Å². The highest BCUT2D eigenvalue weighted by Crippen LogP contribution is 2.20. The summed E-state index contributed by atoms with van der Waals surface area (Å²) in [4.78, 5) is 11.1. The molecule has 2 aromatic rings. The van der Waals surface area contributed by atoms with Gasteiger partial charge in [0.2, 0.25) is 0 Å². The van der Waals surface area contributed by atoms with Gasteiger partial charge in [-0.1, -0.05) is 42.8 Å². The smallest absolute Gasteiger partial charge is 0.308 e. The van der Waals surface area contributed by atoms with E-state index in [0.29, 0.717) is 5.75 Å². The van der Waals surface area contributed by atoms with Crippen LogP contribution in [0.5, 0.6) is 5.75 Å². The summed E-state index contributed by atoms with van der Waals surface area (Å²) in [7, 11) is 0. The Kier molecular flexibility index (Phi) is 5.15. The van der Waals surface area contributed by atoms with Crippen molar-refractivity contribution in [2.45, 2.75) is 40.0 Å². The minimum absolute atomic E-state index is 0.271. The Hall–Kier alpha value is -2.09. The normalized spacial score (nSPS) is 10.4. The molecule has 0 saturated heterocycles. The molecule has 0 unspecified atom stereocenters. The fourth-order valence-electron chi connectivity index (χ4n) is 2.35. The van der Waals surface area contributed by atoms with E-state index in [9.17, 15) is 4.79 Å². The highest BCUT2D eigenvalue weighted by atomic mass is 16.5. The summed E-state index contributed by atoms with van der Waals surface area (Å²) >= 11 is 0. The van der Waals surface area contributed by atoms with E-state index in [2.05, 4.69) is 44.2 Å². The molecule has 110 valence electrons. The number of carbonyl (C=O) groups is 1. The second-order valence-electron chi connectivity index (χ2n) is 5.42. The summed E-state index contributed by atoms with van der Waals surface area (Å²) in [6.45, 7) is 5.64. The molecule has 2 nitrogen and oxygen atoms in total. The third kappa shape index (κ3) is 4.75. The summed E-state index contributed by atoms with van der Waals surface area (Å²) in [6.07, 6.45) is 2.88. The van der Waals surface area contributed by atoms with E-state index in [-0.39, 0.29) is 5.97 Å². The quantitative estimate of drug-likeness (QED) is 0.605. The first-order valence-electron chi connectivity index (χ1n) is 7.43. The molecule has 2 heteroatoms. The van der Waals surface area contributed by atoms with Crippen molar-refractivity contribution in [1.82, 2.24) is 0 Å². The third-order valence-electron chi connectivity index (χ3n) is 3.52. The molecule has 0 saturated carbocycles. The van der Waals surface area contributed by atoms with Crippen LogP contribution < -0.4 is 4.74 Å². The third-order valence-corrected chi connectivity index (χ3v) is 3.52. The summed E-state index contributed by atoms with van der Waals surface area (Å²) in [5, 5.41) is 0. The Labute approximate surface area is 126 Å². The molecule has 0 amide bonds. The van der Waals surface area contributed by atoms with Gasteiger partial charge in [-0.25, -0.2) is 0 Å². The molecule has 21 heavy (non-hydrogen) atoms. The topological polar surface area (TPSA) is 26.3 Å². The van der Waals surface area contributed by atoms with Crippen molar-refractivity contribution in [2.24, 2.45) is 0 Å². The molecule has 0 aromatic heterocycles. The van der Waals surface area contributed by atoms with Crippen molar-refractivity contribution in [3.05, 3.63) is 64.7 Å². The molecule has 0 aliphatic rings. The molecule has 0 radical (unpaired) electrons. The van der Waals surface area contributed by atoms with Crippen LogP contribution in [0.1, 0.15) is 36.1 Å². The first-order chi connectivity index (χ1) is 10.1. The summed E-state index contributed by atoms with van der Waals surface area (Å²) < 4.78 is 5.23. The average molecular weight is 282 g/mol. The van der Waals surface area contributed by atoms with Crippen LogP contribution in [-0.4, -0.2) is 5.97 Å². The Bertz CT molecular complexity index is 612. The van der Waals surface area contributed by atoms with Crippen LogP contribution in [0.25, 0.3) is 0 Å². The van der Waals surface area contributed by atoms with Gasteiger partial charge in [-0.2, -0.15) is 0 Å². The number of esters is 1. The zero-order valence-electron chi connectivity index (χ0n) is 13.0. The first-order valence-corrected chi connectivity index (χ1v) is 7.43. The fraction of sp³-hybridized carbons (Fsp3) is 0.316. The lowest BCUT2D eigenvalue weighted by Gasteiger charge is -2.09. The Morgan fingerprint density at radius 2 is 1.57 bits per heavy atom. The molecule has 0 N–H and O–H groups in total. The summed E-state index contributed by atoms with van der Waals surface area (Å²) in [5.74, 6) is 0.383. The van der Waals surface area contributed by atoms with Gasteiger partial charge < -0.3 is 4.74 Å². The summed E-state index contributed by atoms with van der Waals surface area (Å²) in [6, 6.07) is 14.7. The van der Waals surface area contributed by atoms with E-state index < -0.39 is 0 Å². The van der Waals surface area contributed by atoms with Crippen molar-refractivity contribution >= 4 is 5.97 Å². The van der Waals surface area contributed by atoms with E-state index >= 15 is 0 Å². The van der Waals surface area contributed by atoms with Crippen LogP contribution in [0.2, 0.25) is 0 Å². The predicted octanol–water partition coefficient (Wildman–Crippen LogP) is 4.27. The maximum atomic E-state index is 11.1. The molecular weight excluding hydrogens is 260 g/mol. The predicted molar refractivity (Wildman–Crippen MR) is 85.7 cm³/mol. The van der Waals surface area contributed by atoms with Gasteiger partial charge >= 0.3 is 5.97 Å². The van der Waals surface area contributed by atoms with Crippen molar-refractivity contribution in [3.8, 4) is 5.75 Å². The largest absolute Gasteiger partial charge is 0.427 e. The van der Waals surface area contributed by atoms with Gasteiger partial charge in [0, 0.05) is 6.92 Å². The average Bonchev–Trinajstić information content (AvgIpc) is 2.45. The summed E-state index contributed by atoms with van der Waals surface area (Å²) in [5.41, 5.74) is 5.03. The SMILES string of the molecule is CCc1cc(CCc2ccc(C)cc2)cc(OC(C)=O)c1. The monoisotopic (exact) mass is 282 g/mol. The molecule has 0 fully saturated rings. The second kappa shape index (κ2) is 7.07. The lowest BCUT2D eigenvalue weighted by atomic mass is 10.0. The number of aryl methyl sites for hydroxylation is 4. The van der Waals surface area contributed by atoms with Gasteiger partial charge in [-0.15, -0.1) is 0 Å². The molecular formula is C19H22O2. The van der Waals surface area contributed by atoms with Crippen LogP contribution in [0.3, 0.4) is 0 Å². The number of hydrogen-bond donors (Lipinski definition) is 0. The minimum atomic E-state index is -0.271. The maximum absolute atomic E-state index is 11.1. The van der Waals surface area contributed by atoms with Crippen LogP contribution in [0.15, 0.2) is 42.5 Å². The van der Waals surface area contributed by atoms with Crippen molar-refractivity contribution in [3.63, 3.8) is 0 Å². The zero-order chi connectivity index (χ0) is 15.2. The zero-order valence-corrected chi connectivity index (χ0v) is 13.0. The van der Waals surface area contributed by atoms with E-state index in [1.807, 2.05) is 12.1 Å². The van der Waals surface area contributed by atoms with Gasteiger partial charge in [-0.05, 0) is 55.0 Å². The molecule has 2 rings (SSSR count). The highest BCUT2D eigenvalue weighted by molar-refractivity contribution is 5.69. The van der Waals surface area contributed by atoms with Crippen molar-refractivity contribution in [2.75, 3.05) is 0 Å². The van der Waals surface area contributed by atoms with Gasteiger partial charge in [0.1, 0.15) is 5.75 Å². The van der Waals surface area contributed by atoms with Crippen LogP contribution in [0.4, 0.5) is 0 Å². The van der Waals surface area contributed by atoms with Gasteiger partial charge in [-0.3, -0.25) is 4.79 Å². The van der Waals surface area contributed by atoms with E-state index in [4.69, 9.17) is 4.74 Å². The number of carbonyl (C=O) groups excluding carboxylic acids is 1. The lowest BCUT2D eigenvalue weighted by molar-refractivity contribution is -0.131. The molecule has 2 aromatic carbocycles. The highest BCUT2D eigenvalue weighted by Gasteiger charge is 2.04. The number of benzene rings is 2. The Morgan fingerprint density at radius 1 is 0.952 bits per heavy atom. The number of hydrogen-bond acceptors (Lipinski definition) is 2. The maximum Gasteiger partial charge on any atom is 0.308 e. The van der Waals surface area contributed by atoms with Gasteiger partial charge in [0.15, 0.2) is 0 Å². The molecule has 0 heterocycles. The van der Waals surface area contributed by atoms with Gasteiger partial charge in [0.25, 0.3) is 0 Å². The lowest BCUT2D eigenvalue weighted by Crippen LogP contribution is -2.03. The molecule has 0 aliphatic heterocycles. The van der Waals surface area contributed by atoms with E-state index in [1.165, 1.54) is 29.2 Å². The van der Waals surface area contributed by atoms with E-state index in [1.54, 1.807) is 0 Å². The van der Waals surface area contributed by atoms with Crippen molar-refractivity contribution < 1.29 is 9.53 Å². The van der Waals surface area contributed by atoms with Crippen molar-refractivity contribution in [1.29, 1.82) is 0 Å². The minimum Gasteiger partial charge on any atom is -0.427 e. The molecule has 0 spiro atoms. The van der Waals surface area contributed by atoms with Crippen LogP contribution >= 0.6 is 0 Å². The van der Waals surface area contributed by atoms with Gasteiger partial charge in [0.05, 0.1) is 0 Å². The Balaban J connectivity index is 2.11. The standard InChI is InChI=1S/C19H22O2/c1-4-16-11-18(13-19(12-16)21-15(3)20)10-9-17-7-5-14(2)6-8-17/h5-8,11-13H,4,9-10H2,1-3H3. The van der Waals surface area contributed by atoms with Crippen LogP contribution in [-0.2, 0) is 24.1 Å². The second-order valence-corrected chi connectivity index (χ2v) is 5.42. The number of rotatable bonds is 5. The molecule has 0 bridgehead atoms. The van der Waals surface area contributed by atoms with Crippen LogP contribution in [0, 0.1) is 6.92 Å². The molecule has 0 atom stereocenters. The first kappa shape index (κ1) is 15.3. The fourth-order valence-corrected chi connectivity index (χ4v) is 2.35. The molecule has 0 aliphatic carbocycles. The Morgan fingerprint density at radius 3 is 2.19 bits per heavy atom. The number of ether oxygens (including phenoxy) is 1.